The molecule has 4 fully saturated rings. The van der Waals surface area contributed by atoms with E-state index in [0.717, 1.165) is 67.6 Å². The van der Waals surface area contributed by atoms with Gasteiger partial charge in [0.2, 0.25) is 5.71 Å². The van der Waals surface area contributed by atoms with Gasteiger partial charge in [-0.25, -0.2) is 4.98 Å². The molecule has 14 rings (SSSR count). The monoisotopic (exact) mass is 706 g/mol. The molecule has 4 saturated carbocycles. The Kier molecular flexibility index (Phi) is 6.06. The van der Waals surface area contributed by atoms with Crippen molar-refractivity contribution in [2.24, 2.45) is 23.7 Å². The van der Waals surface area contributed by atoms with Crippen LogP contribution >= 0.6 is 0 Å². The molecule has 7 aromatic carbocycles. The van der Waals surface area contributed by atoms with Crippen LogP contribution in [0.3, 0.4) is 0 Å². The van der Waals surface area contributed by atoms with E-state index in [1.54, 1.807) is 11.1 Å². The Morgan fingerprint density at radius 1 is 0.473 bits per heavy atom. The molecule has 0 amide bonds. The van der Waals surface area contributed by atoms with Gasteiger partial charge in [-0.15, -0.1) is 0 Å². The summed E-state index contributed by atoms with van der Waals surface area (Å²) in [5, 5.41) is 6.73. The Bertz CT molecular complexity index is 2980. The first-order chi connectivity index (χ1) is 27.2. The largest absolute Gasteiger partial charge is 0.438 e. The summed E-state index contributed by atoms with van der Waals surface area (Å²) in [6.07, 6.45) is 6.98. The van der Waals surface area contributed by atoms with E-state index in [1.807, 2.05) is 12.1 Å². The number of aromatic nitrogens is 2. The summed E-state index contributed by atoms with van der Waals surface area (Å²) in [6, 6.07) is 53.4. The molecular formula is C52H38N2O. The first kappa shape index (κ1) is 30.3. The Balaban J connectivity index is 1.08. The summed E-state index contributed by atoms with van der Waals surface area (Å²) in [5.41, 5.74) is 13.2. The van der Waals surface area contributed by atoms with Crippen molar-refractivity contribution in [3.63, 3.8) is 0 Å². The second-order valence-electron chi connectivity index (χ2n) is 16.9. The number of hydrogen-bond acceptors (Lipinski definition) is 3. The Labute approximate surface area is 319 Å². The molecule has 0 aliphatic heterocycles. The number of benzene rings is 7. The van der Waals surface area contributed by atoms with Crippen LogP contribution in [0.5, 0.6) is 0 Å². The summed E-state index contributed by atoms with van der Waals surface area (Å²) in [5.74, 6) is 3.96. The second-order valence-corrected chi connectivity index (χ2v) is 16.9. The predicted octanol–water partition coefficient (Wildman–Crippen LogP) is 13.4. The molecule has 0 N–H and O–H groups in total. The van der Waals surface area contributed by atoms with E-state index in [-0.39, 0.29) is 5.41 Å². The molecule has 0 unspecified atom stereocenters. The molecule has 2 aromatic heterocycles. The molecule has 5 aliphatic rings. The average Bonchev–Trinajstić information content (AvgIpc) is 3.75. The van der Waals surface area contributed by atoms with Gasteiger partial charge in [-0.2, -0.15) is 4.98 Å². The van der Waals surface area contributed by atoms with Crippen molar-refractivity contribution in [1.29, 1.82) is 0 Å². The minimum Gasteiger partial charge on any atom is -0.438 e. The van der Waals surface area contributed by atoms with Crippen molar-refractivity contribution in [3.8, 4) is 44.9 Å². The van der Waals surface area contributed by atoms with Crippen molar-refractivity contribution in [3.05, 3.63) is 157 Å². The van der Waals surface area contributed by atoms with E-state index in [2.05, 4.69) is 133 Å². The van der Waals surface area contributed by atoms with Crippen LogP contribution in [0.2, 0.25) is 0 Å². The van der Waals surface area contributed by atoms with Gasteiger partial charge in [0, 0.05) is 21.9 Å². The third-order valence-electron chi connectivity index (χ3n) is 14.3. The lowest BCUT2D eigenvalue weighted by Gasteiger charge is -2.61. The van der Waals surface area contributed by atoms with Crippen LogP contribution in [-0.4, -0.2) is 9.97 Å². The highest BCUT2D eigenvalue weighted by molar-refractivity contribution is 6.21. The fourth-order valence-corrected chi connectivity index (χ4v) is 12.5. The summed E-state index contributed by atoms with van der Waals surface area (Å²) < 4.78 is 6.51. The fourth-order valence-electron chi connectivity index (χ4n) is 12.5. The van der Waals surface area contributed by atoms with Gasteiger partial charge < -0.3 is 4.42 Å². The molecule has 3 nitrogen and oxygen atoms in total. The number of para-hydroxylation sites is 1. The maximum Gasteiger partial charge on any atom is 0.231 e. The van der Waals surface area contributed by atoms with E-state index in [4.69, 9.17) is 14.4 Å². The first-order valence-corrected chi connectivity index (χ1v) is 20.2. The summed E-state index contributed by atoms with van der Waals surface area (Å²) in [6.45, 7) is 0. The van der Waals surface area contributed by atoms with E-state index in [0.29, 0.717) is 11.5 Å². The van der Waals surface area contributed by atoms with Crippen molar-refractivity contribution in [2.45, 2.75) is 37.5 Å². The van der Waals surface area contributed by atoms with E-state index in [1.165, 1.54) is 65.1 Å². The SMILES string of the molecule is c1ccc(-c2nc(-c3c4ccccc4c(-c4ccc5c(c4)C4(c6ccccc6-5)C5CC6CC(C5)CC4C6)c4ccccc34)nc3oc4ccccc4c23)cc1. The molecule has 0 atom stereocenters. The van der Waals surface area contributed by atoms with Gasteiger partial charge in [0.1, 0.15) is 5.58 Å². The molecular weight excluding hydrogens is 669 g/mol. The quantitative estimate of drug-likeness (QED) is 0.172. The Hall–Kier alpha value is -6.06. The highest BCUT2D eigenvalue weighted by atomic mass is 16.3. The van der Waals surface area contributed by atoms with Gasteiger partial charge in [0.05, 0.1) is 11.1 Å². The molecule has 4 bridgehead atoms. The average molecular weight is 707 g/mol. The zero-order chi connectivity index (χ0) is 35.8. The number of furan rings is 1. The summed E-state index contributed by atoms with van der Waals surface area (Å²) in [7, 11) is 0. The van der Waals surface area contributed by atoms with Gasteiger partial charge in [-0.1, -0.05) is 133 Å². The predicted molar refractivity (Wildman–Crippen MR) is 224 cm³/mol. The molecule has 262 valence electrons. The fraction of sp³-hybridized carbons (Fsp3) is 0.192. The summed E-state index contributed by atoms with van der Waals surface area (Å²) >= 11 is 0. The zero-order valence-corrected chi connectivity index (χ0v) is 30.5. The highest BCUT2D eigenvalue weighted by Crippen LogP contribution is 2.69. The standard InChI is InChI=1S/C52H38N2O/c1-2-12-32(13-3-1)49-48-42-19-9-11-21-45(42)55-51(48)54-50(53-49)47-40-17-6-4-15-38(40)46(39-16-5-7-18-41(39)47)33-22-23-37-36-14-8-10-20-43(36)52(44(37)29-33)34-25-30-24-31(27-34)28-35(52)26-30/h1-23,29-31,34-35H,24-28H2. The van der Waals surface area contributed by atoms with Gasteiger partial charge in [-0.3, -0.25) is 0 Å². The topological polar surface area (TPSA) is 38.9 Å². The molecule has 0 saturated heterocycles. The van der Waals surface area contributed by atoms with Crippen LogP contribution in [0.15, 0.2) is 150 Å². The third kappa shape index (κ3) is 4.01. The Morgan fingerprint density at radius 2 is 1.05 bits per heavy atom. The van der Waals surface area contributed by atoms with Gasteiger partial charge >= 0.3 is 0 Å². The van der Waals surface area contributed by atoms with Gasteiger partial charge in [-0.05, 0) is 123 Å². The van der Waals surface area contributed by atoms with Crippen molar-refractivity contribution >= 4 is 43.6 Å². The zero-order valence-electron chi connectivity index (χ0n) is 30.5. The minimum absolute atomic E-state index is 0.116. The van der Waals surface area contributed by atoms with Crippen LogP contribution < -0.4 is 0 Å². The van der Waals surface area contributed by atoms with Crippen LogP contribution in [0, 0.1) is 23.7 Å². The smallest absolute Gasteiger partial charge is 0.231 e. The Morgan fingerprint density at radius 3 is 1.76 bits per heavy atom. The third-order valence-corrected chi connectivity index (χ3v) is 14.3. The number of hydrogen-bond donors (Lipinski definition) is 0. The maximum absolute atomic E-state index is 6.51. The lowest BCUT2D eigenvalue weighted by Crippen LogP contribution is -2.55. The molecule has 1 spiro atoms. The van der Waals surface area contributed by atoms with Crippen molar-refractivity contribution < 1.29 is 4.42 Å². The molecule has 2 heterocycles. The summed E-state index contributed by atoms with van der Waals surface area (Å²) in [4.78, 5) is 10.7. The van der Waals surface area contributed by atoms with Crippen LogP contribution in [-0.2, 0) is 5.41 Å². The van der Waals surface area contributed by atoms with E-state index in [9.17, 15) is 0 Å². The lowest BCUT2D eigenvalue weighted by atomic mass is 9.43. The highest BCUT2D eigenvalue weighted by Gasteiger charge is 2.61. The molecule has 55 heavy (non-hydrogen) atoms. The molecule has 5 aliphatic carbocycles. The molecule has 9 aromatic rings. The number of fused-ring (bicyclic) bond motifs is 8. The lowest BCUT2D eigenvalue weighted by molar-refractivity contribution is -0.0399. The van der Waals surface area contributed by atoms with Crippen molar-refractivity contribution in [1.82, 2.24) is 9.97 Å². The molecule has 0 radical (unpaired) electrons. The number of nitrogens with zero attached hydrogens (tertiary/aromatic N) is 2. The van der Waals surface area contributed by atoms with Crippen molar-refractivity contribution in [2.75, 3.05) is 0 Å². The molecule has 3 heteroatoms. The number of rotatable bonds is 3. The van der Waals surface area contributed by atoms with E-state index >= 15 is 0 Å². The van der Waals surface area contributed by atoms with Crippen LogP contribution in [0.25, 0.3) is 88.5 Å². The van der Waals surface area contributed by atoms with Crippen LogP contribution in [0.1, 0.15) is 43.2 Å². The first-order valence-electron chi connectivity index (χ1n) is 20.2. The van der Waals surface area contributed by atoms with Gasteiger partial charge in [0.15, 0.2) is 5.82 Å². The van der Waals surface area contributed by atoms with Gasteiger partial charge in [0.25, 0.3) is 0 Å². The normalized spacial score (nSPS) is 23.3. The van der Waals surface area contributed by atoms with E-state index < -0.39 is 0 Å². The van der Waals surface area contributed by atoms with Crippen LogP contribution in [0.4, 0.5) is 0 Å². The maximum atomic E-state index is 6.51. The second kappa shape index (κ2) is 11.0. The minimum atomic E-state index is 0.116.